The van der Waals surface area contributed by atoms with E-state index in [9.17, 15) is 36.0 Å². The summed E-state index contributed by atoms with van der Waals surface area (Å²) in [6.45, 7) is 6.86. The molecule has 1 saturated heterocycles. The summed E-state index contributed by atoms with van der Waals surface area (Å²) in [6, 6.07) is 5.71. The van der Waals surface area contributed by atoms with Crippen molar-refractivity contribution >= 4 is 50.9 Å². The van der Waals surface area contributed by atoms with E-state index in [0.29, 0.717) is 13.0 Å². The maximum absolute atomic E-state index is 14.4. The third kappa shape index (κ3) is 11.5. The van der Waals surface area contributed by atoms with E-state index in [2.05, 4.69) is 16.0 Å². The van der Waals surface area contributed by atoms with Gasteiger partial charge in [0, 0.05) is 54.3 Å². The van der Waals surface area contributed by atoms with Gasteiger partial charge in [-0.2, -0.15) is 13.2 Å². The molecule has 1 heterocycles. The molecule has 0 aliphatic carbocycles. The van der Waals surface area contributed by atoms with Crippen molar-refractivity contribution < 1.29 is 40.7 Å². The lowest BCUT2D eigenvalue weighted by Gasteiger charge is -2.36. The van der Waals surface area contributed by atoms with Crippen molar-refractivity contribution in [3.63, 3.8) is 0 Å². The van der Waals surface area contributed by atoms with E-state index in [0.717, 1.165) is 25.0 Å². The van der Waals surface area contributed by atoms with Crippen LogP contribution in [0.5, 0.6) is 0 Å². The SMILES string of the molecule is CCS(=O)(=O)c1ccc(Cl)cc1CNC(=O)c1cc(Cl)c(CN2CCCC[C@@H]2CNC(=O)CCNC(=O)OC(C)(C)C)c(C(F)(F)F)c1. The van der Waals surface area contributed by atoms with Crippen LogP contribution in [-0.2, 0) is 38.6 Å². The van der Waals surface area contributed by atoms with Crippen molar-refractivity contribution in [1.82, 2.24) is 20.9 Å². The average Bonchev–Trinajstić information content (AvgIpc) is 2.98. The molecule has 2 aromatic carbocycles. The van der Waals surface area contributed by atoms with Crippen molar-refractivity contribution in [3.05, 3.63) is 62.6 Å². The van der Waals surface area contributed by atoms with Gasteiger partial charge < -0.3 is 20.7 Å². The number of amides is 3. The second-order valence-corrected chi connectivity index (χ2v) is 15.5. The first-order chi connectivity index (χ1) is 22.3. The summed E-state index contributed by atoms with van der Waals surface area (Å²) in [5, 5.41) is 7.76. The summed E-state index contributed by atoms with van der Waals surface area (Å²) in [7, 11) is -3.66. The molecule has 1 aliphatic rings. The maximum Gasteiger partial charge on any atom is 0.416 e. The van der Waals surface area contributed by atoms with Crippen LogP contribution in [-0.4, -0.2) is 68.3 Å². The molecule has 2 aromatic rings. The third-order valence-electron chi connectivity index (χ3n) is 7.61. The Morgan fingerprint density at radius 3 is 2.38 bits per heavy atom. The summed E-state index contributed by atoms with van der Waals surface area (Å²) in [6.07, 6.45) is -3.30. The number of rotatable bonds is 12. The zero-order valence-electron chi connectivity index (χ0n) is 27.2. The van der Waals surface area contributed by atoms with Crippen LogP contribution in [0.1, 0.15) is 80.4 Å². The molecular weight excluding hydrogens is 696 g/mol. The van der Waals surface area contributed by atoms with Crippen molar-refractivity contribution in [2.45, 2.75) is 89.2 Å². The Morgan fingerprint density at radius 2 is 1.73 bits per heavy atom. The van der Waals surface area contributed by atoms with Crippen molar-refractivity contribution in [1.29, 1.82) is 0 Å². The van der Waals surface area contributed by atoms with Crippen LogP contribution >= 0.6 is 23.2 Å². The number of nitrogens with zero attached hydrogens (tertiary/aromatic N) is 1. The first-order valence-electron chi connectivity index (χ1n) is 15.5. The van der Waals surface area contributed by atoms with Gasteiger partial charge in [0.2, 0.25) is 5.91 Å². The molecule has 3 rings (SSSR count). The van der Waals surface area contributed by atoms with Gasteiger partial charge in [0.1, 0.15) is 5.60 Å². The summed E-state index contributed by atoms with van der Waals surface area (Å²) < 4.78 is 73.3. The lowest BCUT2D eigenvalue weighted by Crippen LogP contribution is -2.46. The number of hydrogen-bond acceptors (Lipinski definition) is 7. The van der Waals surface area contributed by atoms with Crippen LogP contribution < -0.4 is 16.0 Å². The number of ether oxygens (including phenoxy) is 1. The number of halogens is 5. The molecular formula is C32H41Cl2F3N4O6S. The highest BCUT2D eigenvalue weighted by Crippen LogP contribution is 2.38. The Hall–Kier alpha value is -3.07. The largest absolute Gasteiger partial charge is 0.444 e. The van der Waals surface area contributed by atoms with Crippen LogP contribution in [0.2, 0.25) is 10.0 Å². The van der Waals surface area contributed by atoms with E-state index in [1.54, 1.807) is 20.8 Å². The molecule has 0 saturated carbocycles. The Kier molecular flexibility index (Phi) is 13.6. The highest BCUT2D eigenvalue weighted by Gasteiger charge is 2.37. The van der Waals surface area contributed by atoms with Crippen LogP contribution in [0, 0.1) is 0 Å². The van der Waals surface area contributed by atoms with E-state index in [-0.39, 0.29) is 81.9 Å². The zero-order valence-corrected chi connectivity index (χ0v) is 29.6. The molecule has 0 aromatic heterocycles. The minimum atomic E-state index is -4.84. The summed E-state index contributed by atoms with van der Waals surface area (Å²) in [5.41, 5.74) is -2.10. The Morgan fingerprint density at radius 1 is 1.02 bits per heavy atom. The number of sulfone groups is 1. The number of alkyl halides is 3. The van der Waals surface area contributed by atoms with Gasteiger partial charge >= 0.3 is 12.3 Å². The van der Waals surface area contributed by atoms with Crippen LogP contribution in [0.3, 0.4) is 0 Å². The number of piperidine rings is 1. The molecule has 1 fully saturated rings. The van der Waals surface area contributed by atoms with Crippen LogP contribution in [0.25, 0.3) is 0 Å². The number of carbonyl (C=O) groups is 3. The normalized spacial score (nSPS) is 15.9. The lowest BCUT2D eigenvalue weighted by molar-refractivity contribution is -0.138. The van der Waals surface area contributed by atoms with E-state index in [1.165, 1.54) is 25.1 Å². The molecule has 3 amide bonds. The standard InChI is InChI=1S/C32H41Cl2F3N4O6S/c1-5-48(45,46)27-10-9-22(33)14-21(27)17-40-29(43)20-15-25(32(35,36)37)24(26(34)16-20)19-41-13-7-6-8-23(41)18-39-28(42)11-12-38-30(44)47-31(2,3)4/h9-10,14-16,23H,5-8,11-13,17-19H2,1-4H3,(H,38,44)(H,39,42)(H,40,43)/t23-/m1/s1. The second kappa shape index (κ2) is 16.6. The summed E-state index contributed by atoms with van der Waals surface area (Å²) in [5.74, 6) is -1.41. The minimum Gasteiger partial charge on any atom is -0.444 e. The Labute approximate surface area is 289 Å². The first kappa shape index (κ1) is 39.4. The van der Waals surface area contributed by atoms with Gasteiger partial charge in [-0.15, -0.1) is 0 Å². The molecule has 266 valence electrons. The number of benzene rings is 2. The monoisotopic (exact) mass is 736 g/mol. The first-order valence-corrected chi connectivity index (χ1v) is 17.9. The fourth-order valence-corrected chi connectivity index (χ4v) is 6.81. The van der Waals surface area contributed by atoms with E-state index in [4.69, 9.17) is 27.9 Å². The van der Waals surface area contributed by atoms with Crippen LogP contribution in [0.15, 0.2) is 35.2 Å². The number of alkyl carbamates (subject to hydrolysis) is 1. The minimum absolute atomic E-state index is 0.00736. The molecule has 0 spiro atoms. The highest BCUT2D eigenvalue weighted by molar-refractivity contribution is 7.91. The highest BCUT2D eigenvalue weighted by atomic mass is 35.5. The average molecular weight is 738 g/mol. The molecule has 0 radical (unpaired) electrons. The summed E-state index contributed by atoms with van der Waals surface area (Å²) >= 11 is 12.5. The molecule has 48 heavy (non-hydrogen) atoms. The Bertz CT molecular complexity index is 1600. The van der Waals surface area contributed by atoms with Crippen molar-refractivity contribution in [2.75, 3.05) is 25.4 Å². The molecule has 16 heteroatoms. The van der Waals surface area contributed by atoms with Gasteiger partial charge in [0.25, 0.3) is 5.91 Å². The fourth-order valence-electron chi connectivity index (χ4n) is 5.22. The molecule has 1 aliphatic heterocycles. The third-order valence-corrected chi connectivity index (χ3v) is 10.0. The van der Waals surface area contributed by atoms with E-state index in [1.807, 2.05) is 4.90 Å². The van der Waals surface area contributed by atoms with Gasteiger partial charge in [-0.05, 0) is 81.6 Å². The van der Waals surface area contributed by atoms with Gasteiger partial charge in [0.05, 0.1) is 16.2 Å². The predicted octanol–water partition coefficient (Wildman–Crippen LogP) is 6.12. The molecule has 10 nitrogen and oxygen atoms in total. The van der Waals surface area contributed by atoms with Gasteiger partial charge in [0.15, 0.2) is 9.84 Å². The fraction of sp³-hybridized carbons (Fsp3) is 0.531. The quantitative estimate of drug-likeness (QED) is 0.239. The zero-order chi connectivity index (χ0) is 35.9. The topological polar surface area (TPSA) is 134 Å². The number of hydrogen-bond donors (Lipinski definition) is 3. The van der Waals surface area contributed by atoms with E-state index >= 15 is 0 Å². The van der Waals surface area contributed by atoms with Gasteiger partial charge in [-0.3, -0.25) is 14.5 Å². The molecule has 1 atom stereocenters. The van der Waals surface area contributed by atoms with Gasteiger partial charge in [-0.25, -0.2) is 13.2 Å². The van der Waals surface area contributed by atoms with Crippen molar-refractivity contribution in [3.8, 4) is 0 Å². The predicted molar refractivity (Wildman–Crippen MR) is 177 cm³/mol. The lowest BCUT2D eigenvalue weighted by atomic mass is 9.98. The number of nitrogens with one attached hydrogen (secondary N) is 3. The van der Waals surface area contributed by atoms with Gasteiger partial charge in [-0.1, -0.05) is 36.5 Å². The van der Waals surface area contributed by atoms with Crippen LogP contribution in [0.4, 0.5) is 18.0 Å². The van der Waals surface area contributed by atoms with E-state index < -0.39 is 39.2 Å². The molecule has 0 unspecified atom stereocenters. The number of carbonyl (C=O) groups excluding carboxylic acids is 3. The van der Waals surface area contributed by atoms with Crippen molar-refractivity contribution in [2.24, 2.45) is 0 Å². The number of likely N-dealkylation sites (tertiary alicyclic amines) is 1. The summed E-state index contributed by atoms with van der Waals surface area (Å²) in [4.78, 5) is 39.1. The maximum atomic E-state index is 14.4. The smallest absolute Gasteiger partial charge is 0.416 e. The Balaban J connectivity index is 1.72. The molecule has 3 N–H and O–H groups in total. The molecule has 0 bridgehead atoms. The second-order valence-electron chi connectivity index (χ2n) is 12.4.